The van der Waals surface area contributed by atoms with Crippen LogP contribution in [-0.2, 0) is 10.3 Å². The summed E-state index contributed by atoms with van der Waals surface area (Å²) in [7, 11) is 0. The molecule has 1 aromatic heterocycles. The van der Waals surface area contributed by atoms with Crippen LogP contribution in [0.15, 0.2) is 11.4 Å². The third kappa shape index (κ3) is 0.980. The molecule has 0 unspecified atom stereocenters. The van der Waals surface area contributed by atoms with Gasteiger partial charge in [0.25, 0.3) is 0 Å². The normalized spacial score (nSPS) is 23.6. The van der Waals surface area contributed by atoms with E-state index in [1.165, 1.54) is 11.3 Å². The Balaban J connectivity index is 2.07. The Kier molecular flexibility index (Phi) is 1.69. The molecule has 1 N–H and O–H groups in total. The van der Waals surface area contributed by atoms with Crippen LogP contribution in [0.3, 0.4) is 0 Å². The number of hydrogen-bond donors (Lipinski definition) is 1. The Bertz CT molecular complexity index is 379. The molecule has 0 bridgehead atoms. The lowest BCUT2D eigenvalue weighted by molar-refractivity contribution is -0.0241. The Morgan fingerprint density at radius 2 is 2.21 bits per heavy atom. The van der Waals surface area contributed by atoms with Crippen molar-refractivity contribution >= 4 is 17.3 Å². The van der Waals surface area contributed by atoms with E-state index in [-0.39, 0.29) is 11.6 Å². The third-order valence-electron chi connectivity index (χ3n) is 3.04. The van der Waals surface area contributed by atoms with E-state index in [1.807, 2.05) is 11.4 Å². The van der Waals surface area contributed by atoms with E-state index in [0.717, 1.165) is 36.4 Å². The van der Waals surface area contributed by atoms with Gasteiger partial charge in [-0.25, -0.2) is 4.79 Å². The van der Waals surface area contributed by atoms with Crippen LogP contribution < -0.4 is 5.32 Å². The number of carbonyl (C=O) groups is 1. The molecule has 0 aromatic carbocycles. The van der Waals surface area contributed by atoms with Gasteiger partial charge in [-0.1, -0.05) is 0 Å². The fraction of sp³-hybridized carbons (Fsp3) is 0.500. The van der Waals surface area contributed by atoms with E-state index < -0.39 is 0 Å². The second kappa shape index (κ2) is 2.81. The van der Waals surface area contributed by atoms with Crippen molar-refractivity contribution in [3.8, 4) is 0 Å². The van der Waals surface area contributed by atoms with Gasteiger partial charge in [-0.3, -0.25) is 0 Å². The molecule has 3 rings (SSSR count). The highest BCUT2D eigenvalue weighted by Crippen LogP contribution is 2.44. The maximum atomic E-state index is 11.6. The zero-order chi connectivity index (χ0) is 9.60. The molecule has 1 spiro atoms. The second-order valence-electron chi connectivity index (χ2n) is 3.80. The van der Waals surface area contributed by atoms with Gasteiger partial charge in [-0.15, -0.1) is 11.3 Å². The minimum Gasteiger partial charge on any atom is -0.450 e. The maximum absolute atomic E-state index is 11.6. The van der Waals surface area contributed by atoms with Crippen LogP contribution in [0.25, 0.3) is 0 Å². The summed E-state index contributed by atoms with van der Waals surface area (Å²) in [5.74, 6) is -0.128. The molecule has 3 nitrogen and oxygen atoms in total. The molecule has 0 amide bonds. The van der Waals surface area contributed by atoms with Gasteiger partial charge in [0, 0.05) is 18.4 Å². The van der Waals surface area contributed by atoms with Crippen molar-refractivity contribution in [3.05, 3.63) is 21.9 Å². The molecule has 2 aliphatic rings. The lowest BCUT2D eigenvalue weighted by Gasteiger charge is -2.32. The van der Waals surface area contributed by atoms with Gasteiger partial charge in [0.05, 0.1) is 0 Å². The zero-order valence-corrected chi connectivity index (χ0v) is 8.52. The van der Waals surface area contributed by atoms with Crippen LogP contribution in [0.1, 0.15) is 28.1 Å². The van der Waals surface area contributed by atoms with Gasteiger partial charge in [0.2, 0.25) is 0 Å². The summed E-state index contributed by atoms with van der Waals surface area (Å²) in [5.41, 5.74) is 0.825. The van der Waals surface area contributed by atoms with Gasteiger partial charge in [0.1, 0.15) is 10.5 Å². The molecular formula is C10H11NO2S. The van der Waals surface area contributed by atoms with Crippen LogP contribution in [0.4, 0.5) is 0 Å². The molecule has 1 fully saturated rings. The number of nitrogens with one attached hydrogen (secondary N) is 1. The summed E-state index contributed by atoms with van der Waals surface area (Å²) in [6.45, 7) is 1.87. The number of hydrogen-bond acceptors (Lipinski definition) is 4. The number of piperidine rings is 1. The van der Waals surface area contributed by atoms with Crippen molar-refractivity contribution in [2.24, 2.45) is 0 Å². The van der Waals surface area contributed by atoms with E-state index in [2.05, 4.69) is 5.32 Å². The fourth-order valence-corrected chi connectivity index (χ4v) is 3.17. The van der Waals surface area contributed by atoms with Crippen LogP contribution in [-0.4, -0.2) is 19.1 Å². The van der Waals surface area contributed by atoms with E-state index in [1.54, 1.807) is 0 Å². The Morgan fingerprint density at radius 3 is 3.00 bits per heavy atom. The SMILES string of the molecule is O=C1OC2(CCNCC2)c2ccsc21. The summed E-state index contributed by atoms with van der Waals surface area (Å²) < 4.78 is 5.53. The third-order valence-corrected chi connectivity index (χ3v) is 3.94. The quantitative estimate of drug-likeness (QED) is 0.658. The number of esters is 1. The second-order valence-corrected chi connectivity index (χ2v) is 4.71. The lowest BCUT2D eigenvalue weighted by atomic mass is 9.87. The van der Waals surface area contributed by atoms with E-state index in [4.69, 9.17) is 4.74 Å². The smallest absolute Gasteiger partial charge is 0.349 e. The monoisotopic (exact) mass is 209 g/mol. The summed E-state index contributed by atoms with van der Waals surface area (Å²) in [6, 6.07) is 2.04. The van der Waals surface area contributed by atoms with E-state index in [9.17, 15) is 4.79 Å². The zero-order valence-electron chi connectivity index (χ0n) is 7.71. The molecule has 74 valence electrons. The van der Waals surface area contributed by atoms with Crippen molar-refractivity contribution in [2.45, 2.75) is 18.4 Å². The topological polar surface area (TPSA) is 38.3 Å². The average molecular weight is 209 g/mol. The molecular weight excluding hydrogens is 198 g/mol. The van der Waals surface area contributed by atoms with Gasteiger partial charge in [-0.2, -0.15) is 0 Å². The largest absolute Gasteiger partial charge is 0.450 e. The first kappa shape index (κ1) is 8.44. The highest BCUT2D eigenvalue weighted by Gasteiger charge is 2.46. The molecule has 0 atom stereocenters. The first-order chi connectivity index (χ1) is 6.82. The lowest BCUT2D eigenvalue weighted by Crippen LogP contribution is -2.39. The summed E-state index contributed by atoms with van der Waals surface area (Å²) in [4.78, 5) is 12.4. The first-order valence-electron chi connectivity index (χ1n) is 4.84. The van der Waals surface area contributed by atoms with E-state index >= 15 is 0 Å². The predicted molar refractivity (Wildman–Crippen MR) is 53.5 cm³/mol. The van der Waals surface area contributed by atoms with E-state index in [0.29, 0.717) is 0 Å². The first-order valence-corrected chi connectivity index (χ1v) is 5.72. The molecule has 14 heavy (non-hydrogen) atoms. The predicted octanol–water partition coefficient (Wildman–Crippen LogP) is 1.50. The molecule has 2 aliphatic heterocycles. The van der Waals surface area contributed by atoms with Crippen molar-refractivity contribution in [1.29, 1.82) is 0 Å². The summed E-state index contributed by atoms with van der Waals surface area (Å²) >= 11 is 1.49. The Labute approximate surface area is 86.1 Å². The number of thiophene rings is 1. The van der Waals surface area contributed by atoms with Gasteiger partial charge < -0.3 is 10.1 Å². The Hall–Kier alpha value is -0.870. The van der Waals surface area contributed by atoms with Crippen molar-refractivity contribution in [3.63, 3.8) is 0 Å². The minimum absolute atomic E-state index is 0.128. The summed E-state index contributed by atoms with van der Waals surface area (Å²) in [5, 5.41) is 5.27. The fourth-order valence-electron chi connectivity index (χ4n) is 2.31. The van der Waals surface area contributed by atoms with Gasteiger partial charge >= 0.3 is 5.97 Å². The molecule has 3 heterocycles. The van der Waals surface area contributed by atoms with Crippen molar-refractivity contribution in [1.82, 2.24) is 5.32 Å². The van der Waals surface area contributed by atoms with Gasteiger partial charge in [-0.05, 0) is 24.5 Å². The summed E-state index contributed by atoms with van der Waals surface area (Å²) in [6.07, 6.45) is 1.81. The van der Waals surface area contributed by atoms with Gasteiger partial charge in [0.15, 0.2) is 0 Å². The number of ether oxygens (including phenoxy) is 1. The molecule has 0 saturated carbocycles. The van der Waals surface area contributed by atoms with Crippen LogP contribution >= 0.6 is 11.3 Å². The highest BCUT2D eigenvalue weighted by molar-refractivity contribution is 7.12. The van der Waals surface area contributed by atoms with Crippen molar-refractivity contribution < 1.29 is 9.53 Å². The maximum Gasteiger partial charge on any atom is 0.349 e. The Morgan fingerprint density at radius 1 is 1.43 bits per heavy atom. The number of carbonyl (C=O) groups excluding carboxylic acids is 1. The number of fused-ring (bicyclic) bond motifs is 2. The number of rotatable bonds is 0. The molecule has 0 aliphatic carbocycles. The average Bonchev–Trinajstić information content (AvgIpc) is 2.74. The highest BCUT2D eigenvalue weighted by atomic mass is 32.1. The van der Waals surface area contributed by atoms with Crippen molar-refractivity contribution in [2.75, 3.05) is 13.1 Å². The van der Waals surface area contributed by atoms with Crippen LogP contribution in [0.5, 0.6) is 0 Å². The van der Waals surface area contributed by atoms with Crippen LogP contribution in [0.2, 0.25) is 0 Å². The molecule has 1 saturated heterocycles. The molecule has 4 heteroatoms. The minimum atomic E-state index is -0.294. The standard InChI is InChI=1S/C10H11NO2S/c12-9-8-7(1-6-14-8)10(13-9)2-4-11-5-3-10/h1,6,11H,2-5H2. The molecule has 0 radical (unpaired) electrons. The molecule has 1 aromatic rings. The van der Waals surface area contributed by atoms with Crippen LogP contribution in [0, 0.1) is 0 Å².